The molecule has 78 heavy (non-hydrogen) atoms. The number of aliphatic carboxylic acids is 1. The van der Waals surface area contributed by atoms with Crippen molar-refractivity contribution in [3.8, 4) is 0 Å². The minimum Gasteiger partial charge on any atom is -0.850 e. The summed E-state index contributed by atoms with van der Waals surface area (Å²) in [5, 5.41) is 123. The molecule has 9 aliphatic rings. The summed E-state index contributed by atoms with van der Waals surface area (Å²) in [5.41, 5.74) is -2.68. The van der Waals surface area contributed by atoms with Crippen molar-refractivity contribution in [1.82, 2.24) is 0 Å². The molecule has 2 bridgehead atoms. The summed E-state index contributed by atoms with van der Waals surface area (Å²) in [4.78, 5) is 38.4. The number of aliphatic hydroxyl groups excluding tert-OH is 9. The SMILES string of the molecule is CC(=O)OC(C)C(C)C(=O)OC[C@]12[C@@H]3C[C@@]4(C)C(=CC[C@H]5[C@]6(C)CC[C@@H](O[C@H]7O[C@@H](C(=O)O)[C@H](O[C@H]8O[C@@H](CO)[C@H](O)[C@@H](O)[C@@H]8O)[C@@H](O)[C@@H]7O[C@H]7OC[C@H](O)[C@@H](O)[C@@H]7O)[C@](C)(CO)[C@H]6CC[C@@]54C)[C@H]1CC(C)(C)[C@@H](O3)[C@H]2[O-].[Na+]. The predicted molar refractivity (Wildman–Crippen MR) is 259 cm³/mol. The molecule has 28 atom stereocenters. The van der Waals surface area contributed by atoms with E-state index < -0.39 is 181 Å². The van der Waals surface area contributed by atoms with E-state index in [0.717, 1.165) is 0 Å². The number of ether oxygens (including phenoxy) is 9. The zero-order valence-corrected chi connectivity index (χ0v) is 48.4. The van der Waals surface area contributed by atoms with Crippen LogP contribution in [-0.2, 0) is 57.0 Å². The van der Waals surface area contributed by atoms with Crippen LogP contribution in [-0.4, -0.2) is 212 Å². The van der Waals surface area contributed by atoms with Gasteiger partial charge in [-0.1, -0.05) is 59.3 Å². The van der Waals surface area contributed by atoms with E-state index in [4.69, 9.17) is 42.6 Å². The fraction of sp³-hybridized carbons (Fsp3) is 0.907. The van der Waals surface area contributed by atoms with Crippen molar-refractivity contribution in [3.63, 3.8) is 0 Å². The number of carboxylic acid groups (broad SMARTS) is 1. The first-order valence-electron chi connectivity index (χ1n) is 27.4. The summed E-state index contributed by atoms with van der Waals surface area (Å²) in [6.45, 7) is 15.6. The molecule has 438 valence electrons. The van der Waals surface area contributed by atoms with E-state index in [0.29, 0.717) is 44.9 Å². The van der Waals surface area contributed by atoms with Gasteiger partial charge in [0.1, 0.15) is 67.1 Å². The van der Waals surface area contributed by atoms with Crippen LogP contribution in [0.15, 0.2) is 11.6 Å². The molecule has 0 amide bonds. The average molecular weight is 1120 g/mol. The zero-order valence-electron chi connectivity index (χ0n) is 46.4. The van der Waals surface area contributed by atoms with Gasteiger partial charge in [-0.2, -0.15) is 0 Å². The van der Waals surface area contributed by atoms with Gasteiger partial charge in [-0.05, 0) is 98.2 Å². The molecule has 5 aliphatic carbocycles. The predicted octanol–water partition coefficient (Wildman–Crippen LogP) is -4.21. The number of rotatable bonds is 14. The Morgan fingerprint density at radius 2 is 1.45 bits per heavy atom. The van der Waals surface area contributed by atoms with Crippen LogP contribution in [0.2, 0.25) is 0 Å². The van der Waals surface area contributed by atoms with E-state index in [9.17, 15) is 70.6 Å². The Bertz CT molecular complexity index is 2240. The third-order valence-electron chi connectivity index (χ3n) is 21.3. The van der Waals surface area contributed by atoms with E-state index in [2.05, 4.69) is 40.7 Å². The second-order valence-corrected chi connectivity index (χ2v) is 25.8. The Balaban J connectivity index is 0.00000803. The van der Waals surface area contributed by atoms with Gasteiger partial charge in [0.25, 0.3) is 0 Å². The Hall–Kier alpha value is -1.53. The van der Waals surface area contributed by atoms with Gasteiger partial charge in [0, 0.05) is 17.8 Å². The molecule has 0 aromatic rings. The number of carbonyl (C=O) groups is 3. The third-order valence-corrected chi connectivity index (χ3v) is 21.3. The van der Waals surface area contributed by atoms with Gasteiger partial charge in [0.15, 0.2) is 25.0 Å². The molecule has 0 aromatic carbocycles. The second kappa shape index (κ2) is 22.5. The van der Waals surface area contributed by atoms with Crippen molar-refractivity contribution in [2.45, 2.75) is 224 Å². The zero-order chi connectivity index (χ0) is 56.4. The van der Waals surface area contributed by atoms with E-state index >= 15 is 0 Å². The van der Waals surface area contributed by atoms with Crippen LogP contribution in [0.25, 0.3) is 0 Å². The molecule has 4 aliphatic heterocycles. The summed E-state index contributed by atoms with van der Waals surface area (Å²) in [7, 11) is 0. The van der Waals surface area contributed by atoms with Crippen LogP contribution in [0.3, 0.4) is 0 Å². The minimum atomic E-state index is -2.09. The molecule has 10 N–H and O–H groups in total. The molecule has 0 spiro atoms. The average Bonchev–Trinajstić information content (AvgIpc) is 3.34. The largest absolute Gasteiger partial charge is 1.00 e. The molecule has 4 saturated heterocycles. The molecule has 0 radical (unpaired) electrons. The molecular weight excluding hydrogens is 1040 g/mol. The molecule has 4 saturated carbocycles. The van der Waals surface area contributed by atoms with Crippen LogP contribution in [0.4, 0.5) is 0 Å². The van der Waals surface area contributed by atoms with Gasteiger partial charge in [0.05, 0.1) is 50.7 Å². The molecule has 23 nitrogen and oxygen atoms in total. The van der Waals surface area contributed by atoms with Crippen molar-refractivity contribution in [2.24, 2.45) is 56.2 Å². The number of esters is 2. The Kier molecular flexibility index (Phi) is 18.0. The van der Waals surface area contributed by atoms with E-state index in [1.54, 1.807) is 13.8 Å². The number of carbonyl (C=O) groups excluding carboxylic acids is 2. The van der Waals surface area contributed by atoms with Crippen LogP contribution in [0.5, 0.6) is 0 Å². The maximum Gasteiger partial charge on any atom is 1.00 e. The van der Waals surface area contributed by atoms with Crippen molar-refractivity contribution in [3.05, 3.63) is 11.6 Å². The summed E-state index contributed by atoms with van der Waals surface area (Å²) >= 11 is 0. The Morgan fingerprint density at radius 1 is 0.782 bits per heavy atom. The van der Waals surface area contributed by atoms with Crippen molar-refractivity contribution < 1.29 is 143 Å². The maximum absolute atomic E-state index is 14.9. The van der Waals surface area contributed by atoms with Crippen molar-refractivity contribution in [1.29, 1.82) is 0 Å². The number of carboxylic acids is 1. The Morgan fingerprint density at radius 3 is 2.09 bits per heavy atom. The van der Waals surface area contributed by atoms with E-state index in [1.165, 1.54) is 12.5 Å². The van der Waals surface area contributed by atoms with Crippen molar-refractivity contribution in [2.75, 3.05) is 26.4 Å². The first-order valence-corrected chi connectivity index (χ1v) is 27.4. The fourth-order valence-electron chi connectivity index (χ4n) is 16.5. The monoisotopic (exact) mass is 1120 g/mol. The number of fused-ring (bicyclic) bond motifs is 7. The summed E-state index contributed by atoms with van der Waals surface area (Å²) < 4.78 is 54.2. The van der Waals surface area contributed by atoms with Crippen LogP contribution in [0, 0.1) is 56.2 Å². The second-order valence-electron chi connectivity index (χ2n) is 25.8. The molecule has 0 aromatic heterocycles. The third kappa shape index (κ3) is 9.81. The van der Waals surface area contributed by atoms with Gasteiger partial charge in [0.2, 0.25) is 0 Å². The number of allylic oxidation sites excluding steroid dienone is 2. The van der Waals surface area contributed by atoms with Gasteiger partial charge in [-0.25, -0.2) is 4.79 Å². The first kappa shape index (κ1) is 62.5. The topological polar surface area (TPSA) is 360 Å². The summed E-state index contributed by atoms with van der Waals surface area (Å²) in [6, 6.07) is 0. The molecule has 24 heteroatoms. The molecule has 8 fully saturated rings. The van der Waals surface area contributed by atoms with Crippen LogP contribution >= 0.6 is 0 Å². The van der Waals surface area contributed by atoms with Gasteiger partial charge < -0.3 is 98.8 Å². The first-order chi connectivity index (χ1) is 36.0. The maximum atomic E-state index is 14.9. The number of aliphatic hydroxyl groups is 9. The quantitative estimate of drug-likeness (QED) is 0.0341. The molecular formula is C54H83NaO23. The normalized spacial score (nSPS) is 51.0. The van der Waals surface area contributed by atoms with Gasteiger partial charge in [-0.3, -0.25) is 9.59 Å². The van der Waals surface area contributed by atoms with E-state index in [-0.39, 0.29) is 65.9 Å². The minimum absolute atomic E-state index is 0. The van der Waals surface area contributed by atoms with Crippen molar-refractivity contribution >= 4 is 17.9 Å². The number of hydrogen-bond donors (Lipinski definition) is 10. The molecule has 2 unspecified atom stereocenters. The summed E-state index contributed by atoms with van der Waals surface area (Å²) in [6.07, 6.45) is -23.5. The fourth-order valence-corrected chi connectivity index (χ4v) is 16.5. The van der Waals surface area contributed by atoms with Crippen LogP contribution < -0.4 is 34.7 Å². The number of hydrogen-bond acceptors (Lipinski definition) is 22. The van der Waals surface area contributed by atoms with Gasteiger partial charge in [-0.15, -0.1) is 0 Å². The molecule has 4 heterocycles. The standard InChI is InChI=1S/C54H83O23.Na/c1-22(23(2)71-24(3)57)45(68)70-21-54-26-16-49(4,5)43(42(54)65)73-32(54)17-53(9)25(26)10-11-30-50(6)14-13-31(51(7,20-56)29(50)12-15-52(30,53)8)74-48-40(76-46-36(62)33(59)27(58)19-69-46)38(64)39(41(77-48)44(66)67)75-47-37(63)35(61)34(60)28(18-55)72-47;/h10,22-23,26-43,46-48,55-56,58-64H,11-21H2,1-9H3,(H,66,67);/q-1;+1/t22?,23?,26-,27+,28+,29+,30+,31-,32+,33-,34+,35-,36+,37+,38-,39-,40+,41-,42-,43+,46-,47-,48+,50-,51-,52+,53+,54-;/m1./s1. The van der Waals surface area contributed by atoms with E-state index in [1.807, 2.05) is 6.92 Å². The smallest absolute Gasteiger partial charge is 0.850 e. The van der Waals surface area contributed by atoms with Gasteiger partial charge >= 0.3 is 47.5 Å². The van der Waals surface area contributed by atoms with Crippen LogP contribution in [0.1, 0.15) is 107 Å². The Labute approximate surface area is 476 Å². The summed E-state index contributed by atoms with van der Waals surface area (Å²) in [5.74, 6) is -3.97. The molecule has 9 rings (SSSR count).